The molecule has 0 atom stereocenters. The zero-order valence-corrected chi connectivity index (χ0v) is 25.3. The molecular weight excluding hydrogens is 583 g/mol. The van der Waals surface area contributed by atoms with E-state index < -0.39 is 0 Å². The first kappa shape index (κ1) is 32.7. The van der Waals surface area contributed by atoms with Gasteiger partial charge in [-0.15, -0.1) is 0 Å². The number of carbonyl (C=O) groups excluding carboxylic acids is 1. The normalized spacial score (nSPS) is 10.6. The van der Waals surface area contributed by atoms with Crippen LogP contribution in [0.4, 0.5) is 0 Å². The average molecular weight is 629 g/mol. The minimum absolute atomic E-state index is 0. The molecule has 0 saturated carbocycles. The molecule has 0 radical (unpaired) electrons. The van der Waals surface area contributed by atoms with Crippen LogP contribution in [0.15, 0.2) is 42.7 Å². The number of hydrogen-bond acceptors (Lipinski definition) is 2. The lowest BCUT2D eigenvalue weighted by Crippen LogP contribution is -3.00. The lowest BCUT2D eigenvalue weighted by atomic mass is 10.0. The second-order valence-corrected chi connectivity index (χ2v) is 10.1. The van der Waals surface area contributed by atoms with Gasteiger partial charge >= 0.3 is 0 Å². The molecule has 2 rings (SSSR count). The number of nitrogens with zero attached hydrogens (tertiary/aromatic N) is 1. The summed E-state index contributed by atoms with van der Waals surface area (Å²) in [6.07, 6.45) is 22.7. The van der Waals surface area contributed by atoms with Crippen LogP contribution in [0.25, 0.3) is 0 Å². The fourth-order valence-electron chi connectivity index (χ4n) is 4.17. The van der Waals surface area contributed by atoms with Gasteiger partial charge in [0.25, 0.3) is 5.91 Å². The van der Waals surface area contributed by atoms with Crippen LogP contribution >= 0.6 is 11.6 Å². The second-order valence-electron chi connectivity index (χ2n) is 9.64. The van der Waals surface area contributed by atoms with E-state index in [0.29, 0.717) is 29.5 Å². The maximum Gasteiger partial charge on any atom is 0.251 e. The molecule has 0 aliphatic carbocycles. The Labute approximate surface area is 241 Å². The molecule has 1 aromatic heterocycles. The zero-order chi connectivity index (χ0) is 25.1. The molecule has 0 unspecified atom stereocenters. The Kier molecular flexibility index (Phi) is 18.8. The first-order valence-electron chi connectivity index (χ1n) is 13.7. The summed E-state index contributed by atoms with van der Waals surface area (Å²) < 4.78 is 7.81. The molecule has 1 aromatic carbocycles. The molecule has 1 N–H and O–H groups in total. The van der Waals surface area contributed by atoms with Crippen molar-refractivity contribution in [2.75, 3.05) is 6.61 Å². The fourth-order valence-corrected chi connectivity index (χ4v) is 4.41. The van der Waals surface area contributed by atoms with Crippen LogP contribution in [-0.2, 0) is 13.6 Å². The van der Waals surface area contributed by atoms with E-state index in [9.17, 15) is 4.79 Å². The van der Waals surface area contributed by atoms with E-state index in [2.05, 4.69) is 12.2 Å². The maximum absolute atomic E-state index is 12.4. The van der Waals surface area contributed by atoms with Gasteiger partial charge in [-0.2, -0.15) is 0 Å². The van der Waals surface area contributed by atoms with Crippen LogP contribution in [0.3, 0.4) is 0 Å². The SMILES string of the molecule is CCCCCCCCCCCCCCCCOc1ccc(C(=O)NCc2cc[n+](C)cc2)cc1Cl.[I-]. The molecule has 36 heavy (non-hydrogen) atoms. The van der Waals surface area contributed by atoms with Gasteiger partial charge in [0.05, 0.1) is 11.6 Å². The number of rotatable bonds is 19. The van der Waals surface area contributed by atoms with Crippen molar-refractivity contribution in [3.05, 3.63) is 58.9 Å². The van der Waals surface area contributed by atoms with Gasteiger partial charge in [0.1, 0.15) is 12.8 Å². The summed E-state index contributed by atoms with van der Waals surface area (Å²) in [5, 5.41) is 3.41. The Balaban J connectivity index is 0.00000648. The molecule has 0 fully saturated rings. The standard InChI is InChI=1S/C30H45ClN2O2.HI/c1-3-4-5-6-7-8-9-10-11-12-13-14-15-16-23-35-29-18-17-27(24-28(29)31)30(34)32-25-26-19-21-33(2)22-20-26;/h17-22,24H,3-16,23,25H2,1-2H3;1H. The highest BCUT2D eigenvalue weighted by Crippen LogP contribution is 2.26. The third kappa shape index (κ3) is 14.4. The van der Waals surface area contributed by atoms with Crippen LogP contribution in [0, 0.1) is 0 Å². The van der Waals surface area contributed by atoms with Gasteiger partial charge in [-0.25, -0.2) is 4.57 Å². The van der Waals surface area contributed by atoms with E-state index in [1.54, 1.807) is 18.2 Å². The second kappa shape index (κ2) is 20.7. The summed E-state index contributed by atoms with van der Waals surface area (Å²) in [6.45, 7) is 3.42. The van der Waals surface area contributed by atoms with Gasteiger partial charge in [-0.05, 0) is 30.2 Å². The summed E-state index contributed by atoms with van der Waals surface area (Å²) in [5.41, 5.74) is 1.59. The number of nitrogens with one attached hydrogen (secondary N) is 1. The quantitative estimate of drug-likeness (QED) is 0.136. The number of hydrogen-bond donors (Lipinski definition) is 1. The highest BCUT2D eigenvalue weighted by molar-refractivity contribution is 6.32. The van der Waals surface area contributed by atoms with Crippen LogP contribution < -0.4 is 38.6 Å². The maximum atomic E-state index is 12.4. The number of carbonyl (C=O) groups is 1. The van der Waals surface area contributed by atoms with Gasteiger partial charge in [0.15, 0.2) is 12.4 Å². The lowest BCUT2D eigenvalue weighted by molar-refractivity contribution is -0.671. The number of unbranched alkanes of at least 4 members (excludes halogenated alkanes) is 13. The minimum atomic E-state index is -0.140. The summed E-state index contributed by atoms with van der Waals surface area (Å²) in [4.78, 5) is 12.4. The molecule has 0 aliphatic rings. The Morgan fingerprint density at radius 1 is 0.833 bits per heavy atom. The average Bonchev–Trinajstić information content (AvgIpc) is 2.86. The summed E-state index contributed by atoms with van der Waals surface area (Å²) in [7, 11) is 1.97. The van der Waals surface area contributed by atoms with E-state index in [4.69, 9.17) is 16.3 Å². The number of ether oxygens (including phenoxy) is 1. The summed E-state index contributed by atoms with van der Waals surface area (Å²) >= 11 is 6.37. The number of aromatic nitrogens is 1. The molecular formula is C30H46ClIN2O2. The van der Waals surface area contributed by atoms with Gasteiger partial charge in [-0.1, -0.05) is 102 Å². The molecule has 202 valence electrons. The Bertz CT molecular complexity index is 845. The van der Waals surface area contributed by atoms with E-state index >= 15 is 0 Å². The molecule has 1 amide bonds. The van der Waals surface area contributed by atoms with Gasteiger partial charge < -0.3 is 34.0 Å². The topological polar surface area (TPSA) is 42.2 Å². The highest BCUT2D eigenvalue weighted by Gasteiger charge is 2.10. The summed E-state index contributed by atoms with van der Waals surface area (Å²) in [6, 6.07) is 9.22. The van der Waals surface area contributed by atoms with Crippen molar-refractivity contribution in [1.82, 2.24) is 5.32 Å². The van der Waals surface area contributed by atoms with Gasteiger partial charge in [-0.3, -0.25) is 4.79 Å². The molecule has 0 saturated heterocycles. The van der Waals surface area contributed by atoms with E-state index in [1.807, 2.05) is 36.1 Å². The van der Waals surface area contributed by atoms with Crippen molar-refractivity contribution in [3.8, 4) is 5.75 Å². The number of halogens is 2. The molecule has 6 heteroatoms. The monoisotopic (exact) mass is 628 g/mol. The van der Waals surface area contributed by atoms with Crippen molar-refractivity contribution in [2.45, 2.75) is 103 Å². The predicted molar refractivity (Wildman–Crippen MR) is 146 cm³/mol. The van der Waals surface area contributed by atoms with Crippen molar-refractivity contribution in [2.24, 2.45) is 7.05 Å². The molecule has 4 nitrogen and oxygen atoms in total. The van der Waals surface area contributed by atoms with Crippen molar-refractivity contribution < 1.29 is 38.1 Å². The third-order valence-corrected chi connectivity index (χ3v) is 6.75. The predicted octanol–water partition coefficient (Wildman–Crippen LogP) is 4.96. The fraction of sp³-hybridized carbons (Fsp3) is 0.600. The number of benzene rings is 1. The number of pyridine rings is 1. The first-order chi connectivity index (χ1) is 17.1. The first-order valence-corrected chi connectivity index (χ1v) is 14.1. The van der Waals surface area contributed by atoms with Crippen LogP contribution in [0.5, 0.6) is 5.75 Å². The van der Waals surface area contributed by atoms with Crippen LogP contribution in [0.2, 0.25) is 5.02 Å². The number of amides is 1. The minimum Gasteiger partial charge on any atom is -1.00 e. The van der Waals surface area contributed by atoms with Crippen LogP contribution in [-0.4, -0.2) is 12.5 Å². The Morgan fingerprint density at radius 3 is 1.89 bits per heavy atom. The van der Waals surface area contributed by atoms with Crippen molar-refractivity contribution in [3.63, 3.8) is 0 Å². The van der Waals surface area contributed by atoms with Gasteiger partial charge in [0.2, 0.25) is 0 Å². The summed E-state index contributed by atoms with van der Waals surface area (Å²) in [5.74, 6) is 0.507. The third-order valence-electron chi connectivity index (χ3n) is 6.45. The zero-order valence-electron chi connectivity index (χ0n) is 22.4. The van der Waals surface area contributed by atoms with Crippen molar-refractivity contribution >= 4 is 17.5 Å². The van der Waals surface area contributed by atoms with E-state index in [-0.39, 0.29) is 29.9 Å². The molecule has 0 aliphatic heterocycles. The Hall–Kier alpha value is -1.34. The largest absolute Gasteiger partial charge is 1.00 e. The smallest absolute Gasteiger partial charge is 0.251 e. The van der Waals surface area contributed by atoms with Crippen molar-refractivity contribution in [1.29, 1.82) is 0 Å². The lowest BCUT2D eigenvalue weighted by Gasteiger charge is -2.10. The molecule has 0 bridgehead atoms. The van der Waals surface area contributed by atoms with Crippen LogP contribution in [0.1, 0.15) is 113 Å². The van der Waals surface area contributed by atoms with E-state index in [0.717, 1.165) is 12.0 Å². The van der Waals surface area contributed by atoms with Gasteiger partial charge in [0, 0.05) is 24.2 Å². The van der Waals surface area contributed by atoms with E-state index in [1.165, 1.54) is 83.5 Å². The highest BCUT2D eigenvalue weighted by atomic mass is 127. The molecule has 0 spiro atoms. The molecule has 1 heterocycles. The Morgan fingerprint density at radius 2 is 1.36 bits per heavy atom. The molecule has 2 aromatic rings. The number of aryl methyl sites for hydroxylation is 1.